The molecule has 10 heteroatoms. The van der Waals surface area contributed by atoms with Crippen LogP contribution in [-0.2, 0) is 4.79 Å². The minimum absolute atomic E-state index is 0. The summed E-state index contributed by atoms with van der Waals surface area (Å²) in [5, 5.41) is 0.331. The number of ether oxygens (including phenoxy) is 2. The highest BCUT2D eigenvalue weighted by Crippen LogP contribution is 2.33. The van der Waals surface area contributed by atoms with Gasteiger partial charge in [0.05, 0.1) is 4.70 Å². The lowest BCUT2D eigenvalue weighted by atomic mass is 10.2. The summed E-state index contributed by atoms with van der Waals surface area (Å²) in [6.45, 7) is 6.95. The van der Waals surface area contributed by atoms with Gasteiger partial charge in [-0.3, -0.25) is 9.69 Å². The van der Waals surface area contributed by atoms with Crippen LogP contribution in [0.3, 0.4) is 0 Å². The second-order valence-electron chi connectivity index (χ2n) is 7.19. The van der Waals surface area contributed by atoms with Gasteiger partial charge in [-0.25, -0.2) is 13.8 Å². The molecular weight excluding hydrogens is 472 g/mol. The number of carbonyl (C=O) groups excluding carboxylic acids is 1. The van der Waals surface area contributed by atoms with Crippen molar-refractivity contribution in [2.75, 3.05) is 37.9 Å². The van der Waals surface area contributed by atoms with Crippen molar-refractivity contribution in [1.29, 1.82) is 0 Å². The lowest BCUT2D eigenvalue weighted by Crippen LogP contribution is -2.38. The Labute approximate surface area is 200 Å². The van der Waals surface area contributed by atoms with E-state index in [1.165, 1.54) is 17.0 Å². The Hall–Kier alpha value is -2.75. The standard InChI is InChI=1S/C23H23F2N3O3S.ClH/c1-3-27(4-2)9-10-28(23-26-22-17(25)12-16(24)13-20(22)32-23)21(29)8-6-15-5-7-18-19(11-15)31-14-30-18;/h5-8,11-13H,3-4,9-10,14H2,1-2H3;1H. The number of carbonyl (C=O) groups is 1. The van der Waals surface area contributed by atoms with Crippen molar-refractivity contribution in [3.63, 3.8) is 0 Å². The fourth-order valence-corrected chi connectivity index (χ4v) is 4.45. The molecule has 3 aromatic rings. The van der Waals surface area contributed by atoms with Crippen LogP contribution in [0.25, 0.3) is 16.3 Å². The van der Waals surface area contributed by atoms with Gasteiger partial charge in [0.25, 0.3) is 5.91 Å². The molecule has 2 heterocycles. The first-order valence-corrected chi connectivity index (χ1v) is 11.2. The van der Waals surface area contributed by atoms with Crippen molar-refractivity contribution >= 4 is 51.1 Å². The van der Waals surface area contributed by atoms with Gasteiger partial charge in [0, 0.05) is 25.2 Å². The topological polar surface area (TPSA) is 54.9 Å². The largest absolute Gasteiger partial charge is 0.454 e. The molecule has 6 nitrogen and oxygen atoms in total. The van der Waals surface area contributed by atoms with E-state index in [1.807, 2.05) is 19.9 Å². The smallest absolute Gasteiger partial charge is 0.252 e. The summed E-state index contributed by atoms with van der Waals surface area (Å²) >= 11 is 1.09. The van der Waals surface area contributed by atoms with Crippen LogP contribution in [-0.4, -0.2) is 48.8 Å². The predicted octanol–water partition coefficient (Wildman–Crippen LogP) is 5.11. The SMILES string of the molecule is CCN(CC)CCN(C(=O)C=Cc1ccc2c(c1)OCO2)c1nc2c(F)cc(F)cc2s1.Cl. The number of halogens is 3. The maximum absolute atomic E-state index is 14.2. The number of hydrogen-bond acceptors (Lipinski definition) is 6. The Bertz CT molecular complexity index is 1170. The third kappa shape index (κ3) is 5.61. The summed E-state index contributed by atoms with van der Waals surface area (Å²) in [7, 11) is 0. The highest BCUT2D eigenvalue weighted by atomic mass is 35.5. The normalized spacial score (nSPS) is 12.5. The molecular formula is C23H24ClF2N3O3S. The van der Waals surface area contributed by atoms with Gasteiger partial charge in [0.2, 0.25) is 6.79 Å². The van der Waals surface area contributed by atoms with Gasteiger partial charge >= 0.3 is 0 Å². The predicted molar refractivity (Wildman–Crippen MR) is 129 cm³/mol. The molecule has 0 atom stereocenters. The molecule has 0 fully saturated rings. The van der Waals surface area contributed by atoms with Crippen molar-refractivity contribution in [2.24, 2.45) is 0 Å². The molecule has 1 aromatic heterocycles. The van der Waals surface area contributed by atoms with Crippen LogP contribution in [0.2, 0.25) is 0 Å². The number of amides is 1. The molecule has 176 valence electrons. The zero-order chi connectivity index (χ0) is 22.7. The van der Waals surface area contributed by atoms with Crippen molar-refractivity contribution in [2.45, 2.75) is 13.8 Å². The highest BCUT2D eigenvalue weighted by molar-refractivity contribution is 7.22. The van der Waals surface area contributed by atoms with E-state index in [1.54, 1.807) is 18.2 Å². The van der Waals surface area contributed by atoms with E-state index < -0.39 is 11.6 Å². The number of nitrogens with zero attached hydrogens (tertiary/aromatic N) is 3. The number of hydrogen-bond donors (Lipinski definition) is 0. The van der Waals surface area contributed by atoms with E-state index in [4.69, 9.17) is 9.47 Å². The van der Waals surface area contributed by atoms with Crippen molar-refractivity contribution < 1.29 is 23.0 Å². The Morgan fingerprint density at radius 1 is 1.12 bits per heavy atom. The summed E-state index contributed by atoms with van der Waals surface area (Å²) in [4.78, 5) is 21.1. The first-order valence-electron chi connectivity index (χ1n) is 10.4. The first-order chi connectivity index (χ1) is 15.5. The van der Waals surface area contributed by atoms with Gasteiger partial charge in [-0.1, -0.05) is 31.3 Å². The summed E-state index contributed by atoms with van der Waals surface area (Å²) in [6.07, 6.45) is 3.13. The maximum atomic E-state index is 14.2. The van der Waals surface area contributed by atoms with E-state index in [-0.39, 0.29) is 30.6 Å². The van der Waals surface area contributed by atoms with Crippen LogP contribution in [0.1, 0.15) is 19.4 Å². The summed E-state index contributed by atoms with van der Waals surface area (Å²) < 4.78 is 38.9. The molecule has 1 amide bonds. The third-order valence-electron chi connectivity index (χ3n) is 5.25. The number of benzene rings is 2. The Morgan fingerprint density at radius 2 is 1.88 bits per heavy atom. The van der Waals surface area contributed by atoms with Crippen LogP contribution in [0.15, 0.2) is 36.4 Å². The molecule has 0 N–H and O–H groups in total. The number of anilines is 1. The monoisotopic (exact) mass is 495 g/mol. The van der Waals surface area contributed by atoms with Crippen LogP contribution < -0.4 is 14.4 Å². The van der Waals surface area contributed by atoms with Gasteiger partial charge < -0.3 is 14.4 Å². The van der Waals surface area contributed by atoms with Crippen molar-refractivity contribution in [3.05, 3.63) is 53.6 Å². The maximum Gasteiger partial charge on any atom is 0.252 e. The number of aromatic nitrogens is 1. The second kappa shape index (κ2) is 10.9. The Kier molecular flexibility index (Phi) is 8.23. The van der Waals surface area contributed by atoms with Gasteiger partial charge in [0.15, 0.2) is 22.4 Å². The van der Waals surface area contributed by atoms with Crippen LogP contribution in [0, 0.1) is 11.6 Å². The quantitative estimate of drug-likeness (QED) is 0.406. The first kappa shape index (κ1) is 24.9. The van der Waals surface area contributed by atoms with Crippen molar-refractivity contribution in [3.8, 4) is 11.5 Å². The van der Waals surface area contributed by atoms with Gasteiger partial charge in [0.1, 0.15) is 11.3 Å². The molecule has 1 aliphatic rings. The zero-order valence-electron chi connectivity index (χ0n) is 18.2. The minimum Gasteiger partial charge on any atom is -0.454 e. The van der Waals surface area contributed by atoms with E-state index in [9.17, 15) is 13.6 Å². The zero-order valence-corrected chi connectivity index (χ0v) is 19.8. The van der Waals surface area contributed by atoms with Gasteiger partial charge in [-0.2, -0.15) is 0 Å². The molecule has 0 unspecified atom stereocenters. The fraction of sp³-hybridized carbons (Fsp3) is 0.304. The number of thiazole rings is 1. The van der Waals surface area contributed by atoms with Gasteiger partial charge in [-0.05, 0) is 42.9 Å². The molecule has 0 saturated heterocycles. The molecule has 4 rings (SSSR count). The molecule has 0 spiro atoms. The average molecular weight is 496 g/mol. The van der Waals surface area contributed by atoms with Crippen molar-refractivity contribution in [1.82, 2.24) is 9.88 Å². The lowest BCUT2D eigenvalue weighted by Gasteiger charge is -2.23. The second-order valence-corrected chi connectivity index (χ2v) is 8.20. The minimum atomic E-state index is -0.741. The van der Waals surface area contributed by atoms with E-state index >= 15 is 0 Å². The lowest BCUT2D eigenvalue weighted by molar-refractivity contribution is -0.114. The summed E-state index contributed by atoms with van der Waals surface area (Å²) in [5.41, 5.74) is 0.843. The molecule has 33 heavy (non-hydrogen) atoms. The molecule has 0 saturated carbocycles. The number of likely N-dealkylation sites (N-methyl/N-ethyl adjacent to an activating group) is 1. The average Bonchev–Trinajstić information content (AvgIpc) is 3.41. The van der Waals surface area contributed by atoms with E-state index in [0.29, 0.717) is 34.4 Å². The van der Waals surface area contributed by atoms with Gasteiger partial charge in [-0.15, -0.1) is 12.4 Å². The molecule has 1 aliphatic heterocycles. The van der Waals surface area contributed by atoms with Crippen LogP contribution in [0.5, 0.6) is 11.5 Å². The van der Waals surface area contributed by atoms with E-state index in [2.05, 4.69) is 9.88 Å². The molecule has 0 radical (unpaired) electrons. The molecule has 0 aliphatic carbocycles. The van der Waals surface area contributed by atoms with E-state index in [0.717, 1.165) is 36.1 Å². The Balaban J connectivity index is 0.00000306. The molecule has 2 aromatic carbocycles. The number of rotatable bonds is 8. The number of fused-ring (bicyclic) bond motifs is 2. The highest BCUT2D eigenvalue weighted by Gasteiger charge is 2.21. The fourth-order valence-electron chi connectivity index (χ4n) is 3.42. The molecule has 0 bridgehead atoms. The Morgan fingerprint density at radius 3 is 2.64 bits per heavy atom. The summed E-state index contributed by atoms with van der Waals surface area (Å²) in [5.74, 6) is -0.419. The van der Waals surface area contributed by atoms with Crippen LogP contribution >= 0.6 is 23.7 Å². The van der Waals surface area contributed by atoms with Crippen LogP contribution in [0.4, 0.5) is 13.9 Å². The summed E-state index contributed by atoms with van der Waals surface area (Å²) in [6, 6.07) is 7.44. The third-order valence-corrected chi connectivity index (χ3v) is 6.27.